The van der Waals surface area contributed by atoms with E-state index in [1.165, 1.54) is 166 Å². The first-order valence-corrected chi connectivity index (χ1v) is 33.5. The Morgan fingerprint density at radius 1 is 0.571 bits per heavy atom. The fourth-order valence-corrected chi connectivity index (χ4v) is 11.4. The van der Waals surface area contributed by atoms with Crippen LogP contribution < -0.4 is 10.4 Å². The topological polar surface area (TPSA) is 0 Å². The summed E-state index contributed by atoms with van der Waals surface area (Å²) in [6.07, 6.45) is 11.8. The number of hydrogen-bond acceptors (Lipinski definition) is 0. The maximum atomic E-state index is 10.7. The third-order valence-corrected chi connectivity index (χ3v) is 16.7. The van der Waals surface area contributed by atoms with Gasteiger partial charge in [0.1, 0.15) is 0 Å². The van der Waals surface area contributed by atoms with E-state index < -0.39 is 28.7 Å². The molecule has 2 fully saturated rings. The molecule has 0 aliphatic heterocycles. The number of rotatable bonds is 8. The van der Waals surface area contributed by atoms with Crippen LogP contribution in [0, 0.1) is 26.2 Å². The second kappa shape index (κ2) is 26.4. The van der Waals surface area contributed by atoms with E-state index in [1.54, 1.807) is 0 Å². The van der Waals surface area contributed by atoms with Gasteiger partial charge in [0.05, 0.1) is 16.1 Å². The molecule has 0 saturated heterocycles. The third-order valence-electron chi connectivity index (χ3n) is 12.5. The van der Waals surface area contributed by atoms with E-state index in [2.05, 4.69) is 162 Å². The van der Waals surface area contributed by atoms with Gasteiger partial charge in [-0.1, -0.05) is 192 Å². The molecule has 6 aromatic carbocycles. The standard InChI is InChI=1S/2C25H31Si.C3H4F3.CH3.2ClH.Si.Zr/c2*1-26(2,3)23-14-12-21(13-15-23)24-11-7-10-22-17-20(18-25(22)24)16-19-8-5-4-6-9-19;1-2-3(4,5)6;;;;;/h2*7,10-15,17-19H,4-6,8-9,16H2,1-3H3;1-2H2;1H3;2*1H;;/q4*-1;;;;. The average molecular weight is 1020 g/mol. The summed E-state index contributed by atoms with van der Waals surface area (Å²) in [7, 11) is -2.46. The molecular formula is C54H71Cl2F3Si3Zr-4. The molecule has 63 heavy (non-hydrogen) atoms. The molecule has 9 heteroatoms. The molecule has 0 unspecified atom stereocenters. The van der Waals surface area contributed by atoms with Gasteiger partial charge >= 0.3 is 36.4 Å². The Hall–Kier alpha value is -2.00. The van der Waals surface area contributed by atoms with Gasteiger partial charge in [-0.25, -0.2) is 0 Å². The molecule has 6 aromatic rings. The molecule has 8 rings (SSSR count). The van der Waals surface area contributed by atoms with Crippen LogP contribution in [0.15, 0.2) is 109 Å². The molecule has 2 aliphatic carbocycles. The van der Waals surface area contributed by atoms with E-state index >= 15 is 0 Å². The van der Waals surface area contributed by atoms with Gasteiger partial charge in [-0.2, -0.15) is 25.3 Å². The molecule has 0 heterocycles. The molecule has 0 bridgehead atoms. The minimum absolute atomic E-state index is 0. The van der Waals surface area contributed by atoms with Gasteiger partial charge in [0.25, 0.3) is 0 Å². The van der Waals surface area contributed by atoms with Crippen molar-refractivity contribution in [2.75, 3.05) is 0 Å². The zero-order valence-corrected chi connectivity index (χ0v) is 46.0. The number of alkyl halides is 3. The van der Waals surface area contributed by atoms with Crippen LogP contribution in [0.3, 0.4) is 0 Å². The number of hydrogen-bond donors (Lipinski definition) is 0. The molecule has 2 aliphatic rings. The Bertz CT molecular complexity index is 2060. The first-order valence-electron chi connectivity index (χ1n) is 22.3. The Labute approximate surface area is 410 Å². The first kappa shape index (κ1) is 57.1. The predicted octanol–water partition coefficient (Wildman–Crippen LogP) is 16.5. The second-order valence-electron chi connectivity index (χ2n) is 19.3. The van der Waals surface area contributed by atoms with Crippen molar-refractivity contribution in [2.45, 2.75) is 129 Å². The van der Waals surface area contributed by atoms with Crippen molar-refractivity contribution in [1.29, 1.82) is 0 Å². The van der Waals surface area contributed by atoms with Crippen LogP contribution in [-0.2, 0) is 36.2 Å². The SMILES string of the molecule is C[Si](C)(C)c1ccc(-c2cccc3[cH-]c(CC4CCCCC4)cc23)cc1.C[Si](C)(C)c1ccc(-c2cccc3[cH-]c(CC4CCCCC4)cc23)cc1.Cl.Cl.[CH2-]CC(F)(F)F.[CH3-].[Si]=[Zr]. The van der Waals surface area contributed by atoms with Crippen LogP contribution in [-0.4, -0.2) is 29.2 Å². The minimum atomic E-state index is -4.07. The fourth-order valence-electron chi connectivity index (χ4n) is 9.08. The van der Waals surface area contributed by atoms with Crippen LogP contribution in [0.1, 0.15) is 81.8 Å². The van der Waals surface area contributed by atoms with Gasteiger partial charge in [0.2, 0.25) is 0 Å². The van der Waals surface area contributed by atoms with E-state index in [9.17, 15) is 13.2 Å². The van der Waals surface area contributed by atoms with E-state index in [-0.39, 0.29) is 32.2 Å². The summed E-state index contributed by atoms with van der Waals surface area (Å²) in [5, 5.41) is 8.74. The predicted molar refractivity (Wildman–Crippen MR) is 279 cm³/mol. The fraction of sp³-hybridized carbons (Fsp3) is 0.407. The van der Waals surface area contributed by atoms with Gasteiger partial charge < -0.3 is 14.4 Å². The molecule has 0 N–H and O–H groups in total. The number of halogens is 5. The molecule has 0 spiro atoms. The summed E-state index contributed by atoms with van der Waals surface area (Å²) in [5.74, 6) is 1.81. The van der Waals surface area contributed by atoms with Gasteiger partial charge in [-0.05, 0) is 35.8 Å². The Morgan fingerprint density at radius 2 is 0.889 bits per heavy atom. The van der Waals surface area contributed by atoms with Crippen molar-refractivity contribution in [3.05, 3.63) is 135 Å². The summed E-state index contributed by atoms with van der Waals surface area (Å²) in [6.45, 7) is 20.2. The van der Waals surface area contributed by atoms with E-state index in [1.807, 2.05) is 0 Å². The van der Waals surface area contributed by atoms with Gasteiger partial charge in [-0.15, -0.1) is 93.9 Å². The normalized spacial score (nSPS) is 14.6. The first-order chi connectivity index (χ1) is 28.6. The summed E-state index contributed by atoms with van der Waals surface area (Å²) < 4.78 is 32.2. The number of benzene rings is 4. The Balaban J connectivity index is 0.000000357. The summed E-state index contributed by atoms with van der Waals surface area (Å²) in [5.41, 5.74) is 8.56. The Kier molecular flexibility index (Phi) is 23.9. The summed E-state index contributed by atoms with van der Waals surface area (Å²) >= 11 is 1.36. The van der Waals surface area contributed by atoms with Crippen molar-refractivity contribution in [2.24, 2.45) is 11.8 Å². The van der Waals surface area contributed by atoms with Crippen molar-refractivity contribution in [1.82, 2.24) is 0 Å². The van der Waals surface area contributed by atoms with Crippen LogP contribution in [0.25, 0.3) is 43.8 Å². The van der Waals surface area contributed by atoms with Gasteiger partial charge in [0.15, 0.2) is 0 Å². The zero-order valence-electron chi connectivity index (χ0n) is 38.9. The molecule has 2 saturated carbocycles. The molecule has 342 valence electrons. The average Bonchev–Trinajstić information content (AvgIpc) is 3.85. The second-order valence-corrected chi connectivity index (χ2v) is 29.4. The van der Waals surface area contributed by atoms with E-state index in [0.29, 0.717) is 0 Å². The molecule has 0 nitrogen and oxygen atoms in total. The summed E-state index contributed by atoms with van der Waals surface area (Å²) in [6, 6.07) is 42.1. The van der Waals surface area contributed by atoms with E-state index in [4.69, 9.17) is 0 Å². The third kappa shape index (κ3) is 17.0. The molecular weight excluding hydrogens is 952 g/mol. The van der Waals surface area contributed by atoms with E-state index in [0.717, 1.165) is 11.8 Å². The van der Waals surface area contributed by atoms with Gasteiger partial charge in [-0.3, -0.25) is 0 Å². The summed E-state index contributed by atoms with van der Waals surface area (Å²) in [4.78, 5) is 0. The van der Waals surface area contributed by atoms with Crippen molar-refractivity contribution < 1.29 is 36.5 Å². The quantitative estimate of drug-likeness (QED) is 0.105. The van der Waals surface area contributed by atoms with Crippen LogP contribution in [0.4, 0.5) is 13.2 Å². The maximum absolute atomic E-state index is 10.7. The Morgan fingerprint density at radius 3 is 1.17 bits per heavy atom. The molecule has 0 amide bonds. The van der Waals surface area contributed by atoms with Crippen LogP contribution in [0.5, 0.6) is 0 Å². The van der Waals surface area contributed by atoms with Crippen molar-refractivity contribution in [3.63, 3.8) is 0 Å². The monoisotopic (exact) mass is 1020 g/mol. The molecule has 0 aromatic heterocycles. The van der Waals surface area contributed by atoms with Crippen molar-refractivity contribution in [3.8, 4) is 22.3 Å². The van der Waals surface area contributed by atoms with Gasteiger partial charge in [0, 0.05) is 0 Å². The van der Waals surface area contributed by atoms with Crippen LogP contribution in [0.2, 0.25) is 39.3 Å². The molecule has 2 radical (unpaired) electrons. The number of fused-ring (bicyclic) bond motifs is 2. The molecule has 0 atom stereocenters. The van der Waals surface area contributed by atoms with Crippen molar-refractivity contribution >= 4 is 79.8 Å². The van der Waals surface area contributed by atoms with Crippen LogP contribution >= 0.6 is 24.8 Å². The zero-order chi connectivity index (χ0) is 43.5.